The number of hydrogen-bond donors (Lipinski definition) is 2. The highest BCUT2D eigenvalue weighted by Gasteiger charge is 2.21. The van der Waals surface area contributed by atoms with Crippen molar-refractivity contribution in [3.63, 3.8) is 0 Å². The predicted molar refractivity (Wildman–Crippen MR) is 65.2 cm³/mol. The Morgan fingerprint density at radius 2 is 2.40 bits per heavy atom. The maximum atomic E-state index is 9.36. The SMILES string of the molecule is C=C(Br)CNC1CCc2cc(O)ccc21. The van der Waals surface area contributed by atoms with Crippen LogP contribution < -0.4 is 5.32 Å². The van der Waals surface area contributed by atoms with Gasteiger partial charge in [-0.15, -0.1) is 0 Å². The lowest BCUT2D eigenvalue weighted by Crippen LogP contribution is -2.20. The minimum absolute atomic E-state index is 0.360. The Labute approximate surface area is 98.1 Å². The molecule has 0 saturated heterocycles. The van der Waals surface area contributed by atoms with Gasteiger partial charge in [0, 0.05) is 17.1 Å². The molecule has 1 atom stereocenters. The summed E-state index contributed by atoms with van der Waals surface area (Å²) in [6.07, 6.45) is 2.13. The number of halogens is 1. The van der Waals surface area contributed by atoms with Crippen molar-refractivity contribution in [1.29, 1.82) is 0 Å². The van der Waals surface area contributed by atoms with E-state index >= 15 is 0 Å². The van der Waals surface area contributed by atoms with E-state index in [0.29, 0.717) is 11.8 Å². The molecule has 15 heavy (non-hydrogen) atoms. The van der Waals surface area contributed by atoms with Gasteiger partial charge in [0.15, 0.2) is 0 Å². The molecular weight excluding hydrogens is 254 g/mol. The third-order valence-electron chi connectivity index (χ3n) is 2.74. The fourth-order valence-corrected chi connectivity index (χ4v) is 2.21. The first-order valence-corrected chi connectivity index (χ1v) is 5.84. The van der Waals surface area contributed by atoms with Gasteiger partial charge < -0.3 is 10.4 Å². The lowest BCUT2D eigenvalue weighted by molar-refractivity contribution is 0.474. The van der Waals surface area contributed by atoms with E-state index in [4.69, 9.17) is 0 Å². The molecule has 1 aliphatic rings. The average Bonchev–Trinajstić information content (AvgIpc) is 2.57. The summed E-state index contributed by atoms with van der Waals surface area (Å²) in [5.41, 5.74) is 2.56. The molecule has 2 nitrogen and oxygen atoms in total. The molecule has 0 bridgehead atoms. The number of phenolic OH excluding ortho intramolecular Hbond substituents is 1. The Kier molecular flexibility index (Phi) is 3.12. The average molecular weight is 268 g/mol. The van der Waals surface area contributed by atoms with Crippen LogP contribution in [-0.4, -0.2) is 11.7 Å². The van der Waals surface area contributed by atoms with Crippen molar-refractivity contribution < 1.29 is 5.11 Å². The van der Waals surface area contributed by atoms with Crippen molar-refractivity contribution in [1.82, 2.24) is 5.32 Å². The van der Waals surface area contributed by atoms with E-state index in [9.17, 15) is 5.11 Å². The third kappa shape index (κ3) is 2.41. The second kappa shape index (κ2) is 4.37. The molecule has 0 fully saturated rings. The van der Waals surface area contributed by atoms with Gasteiger partial charge in [-0.25, -0.2) is 0 Å². The Balaban J connectivity index is 2.11. The van der Waals surface area contributed by atoms with Crippen molar-refractivity contribution in [3.05, 3.63) is 40.4 Å². The van der Waals surface area contributed by atoms with Gasteiger partial charge in [-0.1, -0.05) is 28.6 Å². The number of fused-ring (bicyclic) bond motifs is 1. The molecule has 1 aromatic carbocycles. The zero-order chi connectivity index (χ0) is 10.8. The number of rotatable bonds is 3. The molecule has 0 radical (unpaired) electrons. The van der Waals surface area contributed by atoms with Crippen LogP contribution in [0.5, 0.6) is 5.75 Å². The summed E-state index contributed by atoms with van der Waals surface area (Å²) in [4.78, 5) is 0. The highest BCUT2D eigenvalue weighted by atomic mass is 79.9. The van der Waals surface area contributed by atoms with Gasteiger partial charge in [0.1, 0.15) is 5.75 Å². The van der Waals surface area contributed by atoms with Crippen LogP contribution in [0, 0.1) is 0 Å². The van der Waals surface area contributed by atoms with Crippen molar-refractivity contribution in [2.75, 3.05) is 6.54 Å². The maximum Gasteiger partial charge on any atom is 0.115 e. The van der Waals surface area contributed by atoms with E-state index in [1.807, 2.05) is 12.1 Å². The van der Waals surface area contributed by atoms with Crippen LogP contribution in [0.15, 0.2) is 29.3 Å². The Hall–Kier alpha value is -0.800. The highest BCUT2D eigenvalue weighted by Crippen LogP contribution is 2.33. The van der Waals surface area contributed by atoms with Gasteiger partial charge in [-0.3, -0.25) is 0 Å². The van der Waals surface area contributed by atoms with Gasteiger partial charge >= 0.3 is 0 Å². The van der Waals surface area contributed by atoms with Crippen LogP contribution in [0.4, 0.5) is 0 Å². The summed E-state index contributed by atoms with van der Waals surface area (Å²) in [5, 5.41) is 12.8. The summed E-state index contributed by atoms with van der Waals surface area (Å²) in [5.74, 6) is 0.360. The fourth-order valence-electron chi connectivity index (χ4n) is 2.05. The molecular formula is C12H14BrNO. The second-order valence-electron chi connectivity index (χ2n) is 3.87. The number of phenols is 1. The van der Waals surface area contributed by atoms with Crippen LogP contribution in [0.1, 0.15) is 23.6 Å². The molecule has 0 heterocycles. The predicted octanol–water partition coefficient (Wildman–Crippen LogP) is 2.88. The highest BCUT2D eigenvalue weighted by molar-refractivity contribution is 9.11. The van der Waals surface area contributed by atoms with Crippen LogP contribution in [-0.2, 0) is 6.42 Å². The molecule has 2 N–H and O–H groups in total. The molecule has 0 amide bonds. The monoisotopic (exact) mass is 267 g/mol. The minimum Gasteiger partial charge on any atom is -0.508 e. The third-order valence-corrected chi connectivity index (χ3v) is 3.02. The zero-order valence-corrected chi connectivity index (χ0v) is 10.0. The molecule has 80 valence electrons. The Bertz CT molecular complexity index is 389. The van der Waals surface area contributed by atoms with Crippen molar-refractivity contribution in [3.8, 4) is 5.75 Å². The van der Waals surface area contributed by atoms with Gasteiger partial charge in [0.05, 0.1) is 0 Å². The van der Waals surface area contributed by atoms with Gasteiger partial charge in [0.25, 0.3) is 0 Å². The first-order chi connectivity index (χ1) is 7.16. The fraction of sp³-hybridized carbons (Fsp3) is 0.333. The number of benzene rings is 1. The normalized spacial score (nSPS) is 18.9. The molecule has 0 aromatic heterocycles. The van der Waals surface area contributed by atoms with Crippen LogP contribution >= 0.6 is 15.9 Å². The summed E-state index contributed by atoms with van der Waals surface area (Å²) < 4.78 is 0.967. The Morgan fingerprint density at radius 3 is 3.13 bits per heavy atom. The summed E-state index contributed by atoms with van der Waals surface area (Å²) in [6, 6.07) is 6.02. The topological polar surface area (TPSA) is 32.3 Å². The van der Waals surface area contributed by atoms with Crippen molar-refractivity contribution in [2.24, 2.45) is 0 Å². The molecule has 1 unspecified atom stereocenters. The van der Waals surface area contributed by atoms with Gasteiger partial charge in [0.2, 0.25) is 0 Å². The Morgan fingerprint density at radius 1 is 1.60 bits per heavy atom. The minimum atomic E-state index is 0.360. The first kappa shape index (κ1) is 10.7. The first-order valence-electron chi connectivity index (χ1n) is 5.05. The van der Waals surface area contributed by atoms with Gasteiger partial charge in [-0.05, 0) is 36.1 Å². The lowest BCUT2D eigenvalue weighted by atomic mass is 10.1. The van der Waals surface area contributed by atoms with E-state index in [2.05, 4.69) is 27.8 Å². The maximum absolute atomic E-state index is 9.36. The number of aromatic hydroxyl groups is 1. The van der Waals surface area contributed by atoms with Crippen LogP contribution in [0.25, 0.3) is 0 Å². The molecule has 1 aliphatic carbocycles. The van der Waals surface area contributed by atoms with E-state index in [1.54, 1.807) is 6.07 Å². The quantitative estimate of drug-likeness (QED) is 0.883. The summed E-state index contributed by atoms with van der Waals surface area (Å²) in [7, 11) is 0. The molecule has 0 saturated carbocycles. The molecule has 2 rings (SSSR count). The van der Waals surface area contributed by atoms with Crippen LogP contribution in [0.2, 0.25) is 0 Å². The summed E-state index contributed by atoms with van der Waals surface area (Å²) >= 11 is 3.34. The van der Waals surface area contributed by atoms with Crippen LogP contribution in [0.3, 0.4) is 0 Å². The van der Waals surface area contributed by atoms with E-state index in [0.717, 1.165) is 23.9 Å². The number of aryl methyl sites for hydroxylation is 1. The lowest BCUT2D eigenvalue weighted by Gasteiger charge is -2.13. The van der Waals surface area contributed by atoms with Crippen molar-refractivity contribution >= 4 is 15.9 Å². The molecule has 3 heteroatoms. The van der Waals surface area contributed by atoms with Crippen molar-refractivity contribution in [2.45, 2.75) is 18.9 Å². The van der Waals surface area contributed by atoms with E-state index < -0.39 is 0 Å². The molecule has 0 spiro atoms. The van der Waals surface area contributed by atoms with E-state index in [1.165, 1.54) is 11.1 Å². The van der Waals surface area contributed by atoms with Gasteiger partial charge in [-0.2, -0.15) is 0 Å². The number of hydrogen-bond acceptors (Lipinski definition) is 2. The second-order valence-corrected chi connectivity index (χ2v) is 4.99. The summed E-state index contributed by atoms with van der Waals surface area (Å²) in [6.45, 7) is 4.58. The molecule has 1 aromatic rings. The number of nitrogens with one attached hydrogen (secondary N) is 1. The smallest absolute Gasteiger partial charge is 0.115 e. The van der Waals surface area contributed by atoms with E-state index in [-0.39, 0.29) is 0 Å². The molecule has 0 aliphatic heterocycles. The standard InChI is InChI=1S/C12H14BrNO/c1-8(13)7-14-12-5-2-9-6-10(15)3-4-11(9)12/h3-4,6,12,14-15H,1-2,5,7H2. The zero-order valence-electron chi connectivity index (χ0n) is 8.46. The largest absolute Gasteiger partial charge is 0.508 e.